The second-order valence-electron chi connectivity index (χ2n) is 4.85. The molecule has 0 saturated heterocycles. The van der Waals surface area contributed by atoms with Crippen molar-refractivity contribution in [2.45, 2.75) is 42.3 Å². The van der Waals surface area contributed by atoms with Gasteiger partial charge in [0.15, 0.2) is 5.03 Å². The van der Waals surface area contributed by atoms with Crippen LogP contribution >= 0.6 is 0 Å². The average molecular weight is 322 g/mol. The third kappa shape index (κ3) is 3.52. The van der Waals surface area contributed by atoms with Crippen molar-refractivity contribution in [3.8, 4) is 0 Å². The van der Waals surface area contributed by atoms with Gasteiger partial charge in [0, 0.05) is 12.2 Å². The summed E-state index contributed by atoms with van der Waals surface area (Å²) in [5, 5.41) is 0.591. The maximum atomic E-state index is 12.4. The van der Waals surface area contributed by atoms with Crippen molar-refractivity contribution >= 4 is 15.7 Å². The summed E-state index contributed by atoms with van der Waals surface area (Å²) in [5.41, 5.74) is -1.04. The Balaban J connectivity index is 2.20. The monoisotopic (exact) mass is 322 g/mol. The Labute approximate surface area is 119 Å². The predicted octanol–water partition coefficient (Wildman–Crippen LogP) is 1.54. The molecule has 0 unspecified atom stereocenters. The third-order valence-corrected chi connectivity index (χ3v) is 5.08. The fraction of sp³-hybridized carbons (Fsp3) is 0.500. The minimum Gasteiger partial charge on any atom is -0.352 e. The van der Waals surface area contributed by atoms with Gasteiger partial charge in [0.1, 0.15) is 5.25 Å². The lowest BCUT2D eigenvalue weighted by molar-refractivity contribution is -0.137. The van der Waals surface area contributed by atoms with Crippen LogP contribution < -0.4 is 5.32 Å². The van der Waals surface area contributed by atoms with Crippen LogP contribution in [0.1, 0.15) is 25.3 Å². The van der Waals surface area contributed by atoms with Crippen LogP contribution in [0.2, 0.25) is 0 Å². The molecule has 1 amide bonds. The van der Waals surface area contributed by atoms with E-state index in [9.17, 15) is 26.4 Å². The van der Waals surface area contributed by atoms with E-state index in [1.807, 2.05) is 0 Å². The van der Waals surface area contributed by atoms with Crippen LogP contribution in [0.4, 0.5) is 13.2 Å². The zero-order valence-electron chi connectivity index (χ0n) is 11.0. The van der Waals surface area contributed by atoms with Gasteiger partial charge < -0.3 is 5.32 Å². The highest BCUT2D eigenvalue weighted by Crippen LogP contribution is 2.29. The molecule has 1 aliphatic carbocycles. The number of nitrogens with one attached hydrogen (secondary N) is 1. The van der Waals surface area contributed by atoms with Gasteiger partial charge in [-0.2, -0.15) is 13.2 Å². The summed E-state index contributed by atoms with van der Waals surface area (Å²) < 4.78 is 61.5. The number of carbonyl (C=O) groups is 1. The van der Waals surface area contributed by atoms with Gasteiger partial charge in [-0.1, -0.05) is 0 Å². The lowest BCUT2D eigenvalue weighted by Gasteiger charge is -2.13. The normalized spacial score (nSPS) is 17.3. The summed E-state index contributed by atoms with van der Waals surface area (Å²) in [6.45, 7) is 1.19. The standard InChI is InChI=1S/C12H13F3N2O3S/c1-7(11(18)17-9-3-4-9)21(19,20)10-5-2-8(6-16-10)12(13,14)15/h2,5-7,9H,3-4H2,1H3,(H,17,18)/t7-/m1/s1. The minimum atomic E-state index is -4.59. The highest BCUT2D eigenvalue weighted by molar-refractivity contribution is 7.92. The van der Waals surface area contributed by atoms with Crippen molar-refractivity contribution in [2.24, 2.45) is 0 Å². The van der Waals surface area contributed by atoms with E-state index in [1.54, 1.807) is 0 Å². The molecule has 1 atom stereocenters. The number of rotatable bonds is 4. The van der Waals surface area contributed by atoms with E-state index in [-0.39, 0.29) is 6.04 Å². The number of hydrogen-bond acceptors (Lipinski definition) is 4. The smallest absolute Gasteiger partial charge is 0.352 e. The molecule has 5 nitrogen and oxygen atoms in total. The zero-order valence-corrected chi connectivity index (χ0v) is 11.8. The van der Waals surface area contributed by atoms with Crippen LogP contribution in [-0.4, -0.2) is 30.6 Å². The number of carbonyl (C=O) groups excluding carboxylic acids is 1. The van der Waals surface area contributed by atoms with Crippen LogP contribution in [0.5, 0.6) is 0 Å². The molecule has 1 aliphatic rings. The molecule has 1 saturated carbocycles. The van der Waals surface area contributed by atoms with Crippen molar-refractivity contribution in [2.75, 3.05) is 0 Å². The molecule has 1 aromatic heterocycles. The van der Waals surface area contributed by atoms with E-state index in [0.717, 1.165) is 18.9 Å². The first-order valence-corrected chi connectivity index (χ1v) is 7.74. The molecule has 2 rings (SSSR count). The van der Waals surface area contributed by atoms with Gasteiger partial charge in [-0.3, -0.25) is 4.79 Å². The van der Waals surface area contributed by atoms with E-state index < -0.39 is 37.8 Å². The van der Waals surface area contributed by atoms with Crippen molar-refractivity contribution in [1.82, 2.24) is 10.3 Å². The third-order valence-electron chi connectivity index (χ3n) is 3.11. The number of halogens is 3. The van der Waals surface area contributed by atoms with Crippen LogP contribution in [-0.2, 0) is 20.8 Å². The molecule has 0 bridgehead atoms. The van der Waals surface area contributed by atoms with Crippen LogP contribution in [0, 0.1) is 0 Å². The van der Waals surface area contributed by atoms with Gasteiger partial charge in [0.05, 0.1) is 5.56 Å². The molecule has 116 valence electrons. The average Bonchev–Trinajstić information content (AvgIpc) is 3.20. The molecule has 0 aromatic carbocycles. The lowest BCUT2D eigenvalue weighted by Crippen LogP contribution is -2.39. The molecule has 1 N–H and O–H groups in total. The molecular formula is C12H13F3N2O3S. The highest BCUT2D eigenvalue weighted by atomic mass is 32.2. The number of aromatic nitrogens is 1. The maximum absolute atomic E-state index is 12.4. The number of alkyl halides is 3. The SMILES string of the molecule is C[C@H](C(=O)NC1CC1)S(=O)(=O)c1ccc(C(F)(F)F)cn1. The van der Waals surface area contributed by atoms with Crippen LogP contribution in [0.15, 0.2) is 23.4 Å². The predicted molar refractivity (Wildman–Crippen MR) is 67.1 cm³/mol. The van der Waals surface area contributed by atoms with E-state index in [2.05, 4.69) is 10.3 Å². The largest absolute Gasteiger partial charge is 0.417 e. The first kappa shape index (κ1) is 15.7. The van der Waals surface area contributed by atoms with E-state index in [1.165, 1.54) is 6.92 Å². The summed E-state index contributed by atoms with van der Waals surface area (Å²) in [4.78, 5) is 15.1. The topological polar surface area (TPSA) is 76.1 Å². The Hall–Kier alpha value is -1.64. The Morgan fingerprint density at radius 3 is 2.43 bits per heavy atom. The number of hydrogen-bond donors (Lipinski definition) is 1. The highest BCUT2D eigenvalue weighted by Gasteiger charge is 2.35. The Morgan fingerprint density at radius 2 is 2.00 bits per heavy atom. The molecular weight excluding hydrogens is 309 g/mol. The summed E-state index contributed by atoms with van der Waals surface area (Å²) >= 11 is 0. The zero-order chi connectivity index (χ0) is 15.8. The lowest BCUT2D eigenvalue weighted by atomic mass is 10.3. The number of pyridine rings is 1. The first-order valence-electron chi connectivity index (χ1n) is 6.20. The van der Waals surface area contributed by atoms with Gasteiger partial charge >= 0.3 is 6.18 Å². The van der Waals surface area contributed by atoms with E-state index >= 15 is 0 Å². The van der Waals surface area contributed by atoms with Gasteiger partial charge in [-0.25, -0.2) is 13.4 Å². The molecule has 1 heterocycles. The summed E-state index contributed by atoms with van der Waals surface area (Å²) in [6, 6.07) is 1.39. The Morgan fingerprint density at radius 1 is 1.38 bits per heavy atom. The molecule has 1 fully saturated rings. The second kappa shape index (κ2) is 5.28. The number of sulfone groups is 1. The summed E-state index contributed by atoms with van der Waals surface area (Å²) in [6.07, 6.45) is -2.54. The molecule has 9 heteroatoms. The Kier molecular flexibility index (Phi) is 3.96. The van der Waals surface area contributed by atoms with Crippen LogP contribution in [0.3, 0.4) is 0 Å². The molecule has 0 aliphatic heterocycles. The summed E-state index contributed by atoms with van der Waals surface area (Å²) in [5.74, 6) is -0.667. The van der Waals surface area contributed by atoms with E-state index in [4.69, 9.17) is 0 Å². The molecule has 1 aromatic rings. The fourth-order valence-corrected chi connectivity index (χ4v) is 2.75. The molecule has 0 radical (unpaired) electrons. The van der Waals surface area contributed by atoms with Gasteiger partial charge in [0.2, 0.25) is 15.7 Å². The van der Waals surface area contributed by atoms with Crippen LogP contribution in [0.25, 0.3) is 0 Å². The van der Waals surface area contributed by atoms with Crippen molar-refractivity contribution in [1.29, 1.82) is 0 Å². The van der Waals surface area contributed by atoms with Gasteiger partial charge in [0.25, 0.3) is 0 Å². The Bertz CT molecular complexity index is 637. The second-order valence-corrected chi connectivity index (χ2v) is 7.07. The molecule has 21 heavy (non-hydrogen) atoms. The number of nitrogens with zero attached hydrogens (tertiary/aromatic N) is 1. The van der Waals surface area contributed by atoms with Crippen molar-refractivity contribution in [3.05, 3.63) is 23.9 Å². The van der Waals surface area contributed by atoms with Crippen molar-refractivity contribution < 1.29 is 26.4 Å². The quantitative estimate of drug-likeness (QED) is 0.912. The number of amides is 1. The summed E-state index contributed by atoms with van der Waals surface area (Å²) in [7, 11) is -4.11. The first-order chi connectivity index (χ1) is 9.62. The minimum absolute atomic E-state index is 0.00397. The van der Waals surface area contributed by atoms with Gasteiger partial charge in [-0.05, 0) is 31.9 Å². The molecule has 0 spiro atoms. The maximum Gasteiger partial charge on any atom is 0.417 e. The fourth-order valence-electron chi connectivity index (χ4n) is 1.58. The van der Waals surface area contributed by atoms with E-state index in [0.29, 0.717) is 12.3 Å². The van der Waals surface area contributed by atoms with Gasteiger partial charge in [-0.15, -0.1) is 0 Å². The van der Waals surface area contributed by atoms with Crippen molar-refractivity contribution in [3.63, 3.8) is 0 Å².